The van der Waals surface area contributed by atoms with Crippen LogP contribution >= 0.6 is 0 Å². The van der Waals surface area contributed by atoms with Crippen molar-refractivity contribution in [1.29, 1.82) is 0 Å². The summed E-state index contributed by atoms with van der Waals surface area (Å²) in [7, 11) is 0. The Kier molecular flexibility index (Phi) is 2.28. The Balaban J connectivity index is 1.57. The number of rotatable bonds is 2. The lowest BCUT2D eigenvalue weighted by Gasteiger charge is -2.40. The highest BCUT2D eigenvalue weighted by Crippen LogP contribution is 2.57. The average molecular weight is 267 g/mol. The van der Waals surface area contributed by atoms with E-state index in [0.29, 0.717) is 6.61 Å². The van der Waals surface area contributed by atoms with E-state index in [2.05, 4.69) is 24.4 Å². The predicted molar refractivity (Wildman–Crippen MR) is 78.6 cm³/mol. The van der Waals surface area contributed by atoms with Crippen molar-refractivity contribution in [3.05, 3.63) is 42.5 Å². The molecule has 1 saturated carbocycles. The van der Waals surface area contributed by atoms with Gasteiger partial charge in [-0.15, -0.1) is 0 Å². The summed E-state index contributed by atoms with van der Waals surface area (Å²) in [4.78, 5) is 12.4. The van der Waals surface area contributed by atoms with Gasteiger partial charge in [0.1, 0.15) is 5.60 Å². The first-order valence-corrected chi connectivity index (χ1v) is 7.03. The van der Waals surface area contributed by atoms with Crippen LogP contribution in [0.25, 0.3) is 10.8 Å². The molecule has 2 bridgehead atoms. The third-order valence-electron chi connectivity index (χ3n) is 4.54. The minimum absolute atomic E-state index is 0.00255. The highest BCUT2D eigenvalue weighted by atomic mass is 16.5. The highest BCUT2D eigenvalue weighted by Gasteiger charge is 2.63. The normalized spacial score (nSPS) is 31.1. The fraction of sp³-hybridized carbons (Fsp3) is 0.353. The number of benzene rings is 2. The highest BCUT2D eigenvalue weighted by molar-refractivity contribution is 6.00. The lowest BCUT2D eigenvalue weighted by molar-refractivity contribution is -0.139. The van der Waals surface area contributed by atoms with Gasteiger partial charge in [-0.05, 0) is 41.2 Å². The van der Waals surface area contributed by atoms with Crippen molar-refractivity contribution in [2.45, 2.75) is 25.4 Å². The molecule has 0 unspecified atom stereocenters. The molecule has 5 rings (SSSR count). The summed E-state index contributed by atoms with van der Waals surface area (Å²) in [5.74, 6) is 0.00255. The Morgan fingerprint density at radius 3 is 2.60 bits per heavy atom. The van der Waals surface area contributed by atoms with Crippen molar-refractivity contribution in [2.75, 3.05) is 11.9 Å². The summed E-state index contributed by atoms with van der Waals surface area (Å²) in [6.45, 7) is 2.89. The van der Waals surface area contributed by atoms with Gasteiger partial charge in [0.2, 0.25) is 0 Å². The molecule has 3 heteroatoms. The van der Waals surface area contributed by atoms with Gasteiger partial charge in [0.25, 0.3) is 5.91 Å². The number of amides is 1. The second-order valence-electron chi connectivity index (χ2n) is 6.46. The zero-order valence-corrected chi connectivity index (χ0v) is 11.5. The van der Waals surface area contributed by atoms with E-state index in [9.17, 15) is 4.79 Å². The van der Waals surface area contributed by atoms with Crippen LogP contribution in [0.2, 0.25) is 0 Å². The first kappa shape index (κ1) is 11.9. The maximum Gasteiger partial charge on any atom is 0.256 e. The molecule has 0 aromatic heterocycles. The summed E-state index contributed by atoms with van der Waals surface area (Å²) in [5, 5.41) is 5.32. The quantitative estimate of drug-likeness (QED) is 0.906. The van der Waals surface area contributed by atoms with Crippen LogP contribution in [0.15, 0.2) is 42.5 Å². The Bertz CT molecular complexity index is 701. The first-order chi connectivity index (χ1) is 9.59. The number of fused-ring (bicyclic) bond motifs is 2. The van der Waals surface area contributed by atoms with Gasteiger partial charge >= 0.3 is 0 Å². The predicted octanol–water partition coefficient (Wildman–Crippen LogP) is 3.35. The van der Waals surface area contributed by atoms with Crippen molar-refractivity contribution in [2.24, 2.45) is 5.41 Å². The number of ether oxygens (including phenoxy) is 1. The average Bonchev–Trinajstić information content (AvgIpc) is 2.93. The summed E-state index contributed by atoms with van der Waals surface area (Å²) in [6.07, 6.45) is 1.69. The zero-order chi connectivity index (χ0) is 13.8. The van der Waals surface area contributed by atoms with Crippen LogP contribution in [0.1, 0.15) is 19.8 Å². The molecule has 2 saturated heterocycles. The van der Waals surface area contributed by atoms with Crippen LogP contribution in [0, 0.1) is 5.41 Å². The Labute approximate surface area is 117 Å². The zero-order valence-electron chi connectivity index (χ0n) is 11.5. The van der Waals surface area contributed by atoms with Gasteiger partial charge in [0.05, 0.1) is 6.61 Å². The topological polar surface area (TPSA) is 38.3 Å². The molecule has 2 aromatic carbocycles. The summed E-state index contributed by atoms with van der Waals surface area (Å²) in [6, 6.07) is 14.1. The third kappa shape index (κ3) is 1.66. The molecular weight excluding hydrogens is 250 g/mol. The Morgan fingerprint density at radius 1 is 1.15 bits per heavy atom. The van der Waals surface area contributed by atoms with Gasteiger partial charge in [0.15, 0.2) is 0 Å². The number of hydrogen-bond donors (Lipinski definition) is 1. The molecule has 1 N–H and O–H groups in total. The first-order valence-electron chi connectivity index (χ1n) is 7.03. The SMILES string of the molecule is CC12COC(C(=O)Nc3ccc4ccccc4c3)(C1)C2. The minimum Gasteiger partial charge on any atom is -0.365 e. The second kappa shape index (κ2) is 3.83. The maximum atomic E-state index is 12.4. The van der Waals surface area contributed by atoms with Gasteiger partial charge in [-0.3, -0.25) is 4.79 Å². The van der Waals surface area contributed by atoms with E-state index < -0.39 is 5.60 Å². The number of hydrogen-bond acceptors (Lipinski definition) is 2. The smallest absolute Gasteiger partial charge is 0.256 e. The van der Waals surface area contributed by atoms with E-state index >= 15 is 0 Å². The summed E-state index contributed by atoms with van der Waals surface area (Å²) >= 11 is 0. The summed E-state index contributed by atoms with van der Waals surface area (Å²) in [5.41, 5.74) is 0.494. The van der Waals surface area contributed by atoms with Crippen molar-refractivity contribution >= 4 is 22.4 Å². The van der Waals surface area contributed by atoms with Crippen LogP contribution in [0.5, 0.6) is 0 Å². The maximum absolute atomic E-state index is 12.4. The lowest BCUT2D eigenvalue weighted by Crippen LogP contribution is -2.51. The van der Waals surface area contributed by atoms with Gasteiger partial charge < -0.3 is 10.1 Å². The standard InChI is InChI=1S/C17H17NO2/c1-16-9-17(10-16,20-11-16)15(19)18-14-7-6-12-4-2-3-5-13(12)8-14/h2-8H,9-11H2,1H3,(H,18,19). The lowest BCUT2D eigenvalue weighted by atomic mass is 9.63. The van der Waals surface area contributed by atoms with Crippen LogP contribution in [-0.2, 0) is 9.53 Å². The molecule has 0 atom stereocenters. The molecule has 3 nitrogen and oxygen atoms in total. The van der Waals surface area contributed by atoms with Gasteiger partial charge in [-0.25, -0.2) is 0 Å². The molecule has 0 spiro atoms. The Morgan fingerprint density at radius 2 is 1.90 bits per heavy atom. The fourth-order valence-corrected chi connectivity index (χ4v) is 3.58. The molecule has 1 aliphatic carbocycles. The largest absolute Gasteiger partial charge is 0.365 e. The van der Waals surface area contributed by atoms with Crippen LogP contribution < -0.4 is 5.32 Å². The number of anilines is 1. The van der Waals surface area contributed by atoms with E-state index in [-0.39, 0.29) is 11.3 Å². The van der Waals surface area contributed by atoms with Crippen molar-refractivity contribution < 1.29 is 9.53 Å². The van der Waals surface area contributed by atoms with Gasteiger partial charge in [0, 0.05) is 5.69 Å². The molecule has 3 aliphatic rings. The number of carbonyl (C=O) groups is 1. The Hall–Kier alpha value is -1.87. The summed E-state index contributed by atoms with van der Waals surface area (Å²) < 4.78 is 5.73. The third-order valence-corrected chi connectivity index (χ3v) is 4.54. The molecule has 2 aliphatic heterocycles. The number of carbonyl (C=O) groups excluding carboxylic acids is 1. The van der Waals surface area contributed by atoms with Gasteiger partial charge in [-0.1, -0.05) is 37.3 Å². The fourth-order valence-electron chi connectivity index (χ4n) is 3.58. The molecular formula is C17H17NO2. The minimum atomic E-state index is -0.569. The second-order valence-corrected chi connectivity index (χ2v) is 6.46. The monoisotopic (exact) mass is 267 g/mol. The van der Waals surface area contributed by atoms with Crippen LogP contribution in [0.3, 0.4) is 0 Å². The van der Waals surface area contributed by atoms with Crippen LogP contribution in [-0.4, -0.2) is 18.1 Å². The van der Waals surface area contributed by atoms with E-state index in [0.717, 1.165) is 23.9 Å². The number of nitrogens with one attached hydrogen (secondary N) is 1. The van der Waals surface area contributed by atoms with Crippen LogP contribution in [0.4, 0.5) is 5.69 Å². The molecule has 2 aromatic rings. The molecule has 20 heavy (non-hydrogen) atoms. The van der Waals surface area contributed by atoms with E-state index in [1.807, 2.05) is 30.3 Å². The van der Waals surface area contributed by atoms with E-state index in [1.165, 1.54) is 5.39 Å². The van der Waals surface area contributed by atoms with Crippen molar-refractivity contribution in [1.82, 2.24) is 0 Å². The molecule has 3 fully saturated rings. The van der Waals surface area contributed by atoms with E-state index in [1.54, 1.807) is 0 Å². The molecule has 102 valence electrons. The van der Waals surface area contributed by atoms with Crippen molar-refractivity contribution in [3.63, 3.8) is 0 Å². The molecule has 1 amide bonds. The van der Waals surface area contributed by atoms with Gasteiger partial charge in [-0.2, -0.15) is 0 Å². The van der Waals surface area contributed by atoms with E-state index in [4.69, 9.17) is 4.74 Å². The molecule has 2 heterocycles. The van der Waals surface area contributed by atoms with Crippen molar-refractivity contribution in [3.8, 4) is 0 Å². The molecule has 0 radical (unpaired) electrons.